The van der Waals surface area contributed by atoms with Gasteiger partial charge in [-0.25, -0.2) is 0 Å². The van der Waals surface area contributed by atoms with Gasteiger partial charge < -0.3 is 15.3 Å². The van der Waals surface area contributed by atoms with Crippen LogP contribution >= 0.6 is 0 Å². The summed E-state index contributed by atoms with van der Waals surface area (Å²) in [7, 11) is 2.22. The fraction of sp³-hybridized carbons (Fsp3) is 1.00. The Hall–Kier alpha value is -0.120. The fourth-order valence-corrected chi connectivity index (χ4v) is 2.27. The van der Waals surface area contributed by atoms with Crippen LogP contribution in [-0.4, -0.2) is 48.3 Å². The number of aliphatic hydroxyl groups is 1. The molecule has 1 fully saturated rings. The molecule has 1 saturated carbocycles. The highest BCUT2D eigenvalue weighted by Crippen LogP contribution is 2.21. The number of nitrogens with zero attached hydrogens (tertiary/aromatic N) is 1. The van der Waals surface area contributed by atoms with Crippen molar-refractivity contribution in [1.29, 1.82) is 0 Å². The lowest BCUT2D eigenvalue weighted by atomic mass is 10.0. The molecule has 0 saturated heterocycles. The van der Waals surface area contributed by atoms with Gasteiger partial charge in [-0.05, 0) is 33.2 Å². The number of hydrogen-bond acceptors (Lipinski definition) is 3. The molecule has 1 rings (SSSR count). The molecular formula is C13H28N2O. The predicted octanol–water partition coefficient (Wildman–Crippen LogP) is 1.61. The molecule has 0 heterocycles. The highest BCUT2D eigenvalue weighted by Gasteiger charge is 2.19. The number of rotatable bonds is 7. The van der Waals surface area contributed by atoms with Gasteiger partial charge >= 0.3 is 0 Å². The van der Waals surface area contributed by atoms with E-state index in [1.165, 1.54) is 25.7 Å². The highest BCUT2D eigenvalue weighted by atomic mass is 16.3. The molecule has 96 valence electrons. The standard InChI is InChI=1S/C13H28N2O/c1-4-13(2,16)11-14-9-10-15(3)12-7-5-6-8-12/h12,14,16H,4-11H2,1-3H3. The first kappa shape index (κ1) is 13.9. The summed E-state index contributed by atoms with van der Waals surface area (Å²) in [6.07, 6.45) is 6.32. The summed E-state index contributed by atoms with van der Waals surface area (Å²) in [5, 5.41) is 13.2. The summed E-state index contributed by atoms with van der Waals surface area (Å²) in [6.45, 7) is 6.67. The monoisotopic (exact) mass is 228 g/mol. The van der Waals surface area contributed by atoms with E-state index in [1.807, 2.05) is 13.8 Å². The molecule has 0 aliphatic heterocycles. The Morgan fingerprint density at radius 3 is 2.56 bits per heavy atom. The molecule has 0 radical (unpaired) electrons. The van der Waals surface area contributed by atoms with Crippen molar-refractivity contribution in [3.05, 3.63) is 0 Å². The van der Waals surface area contributed by atoms with Gasteiger partial charge in [0.1, 0.15) is 0 Å². The second-order valence-electron chi connectivity index (χ2n) is 5.45. The van der Waals surface area contributed by atoms with Crippen molar-refractivity contribution >= 4 is 0 Å². The Labute approximate surface area is 100 Å². The van der Waals surface area contributed by atoms with Crippen molar-refractivity contribution in [3.63, 3.8) is 0 Å². The third-order valence-electron chi connectivity index (χ3n) is 3.86. The second-order valence-corrected chi connectivity index (χ2v) is 5.45. The zero-order valence-corrected chi connectivity index (χ0v) is 11.1. The lowest BCUT2D eigenvalue weighted by molar-refractivity contribution is 0.0552. The maximum Gasteiger partial charge on any atom is 0.0740 e. The Bertz CT molecular complexity index is 188. The lowest BCUT2D eigenvalue weighted by Crippen LogP contribution is -2.41. The SMILES string of the molecule is CCC(C)(O)CNCCN(C)C1CCCC1. The fourth-order valence-electron chi connectivity index (χ4n) is 2.27. The largest absolute Gasteiger partial charge is 0.389 e. The minimum Gasteiger partial charge on any atom is -0.389 e. The van der Waals surface area contributed by atoms with Gasteiger partial charge in [-0.1, -0.05) is 19.8 Å². The summed E-state index contributed by atoms with van der Waals surface area (Å²) >= 11 is 0. The quantitative estimate of drug-likeness (QED) is 0.650. The van der Waals surface area contributed by atoms with Gasteiger partial charge in [0.15, 0.2) is 0 Å². The molecule has 2 N–H and O–H groups in total. The molecule has 0 aromatic rings. The summed E-state index contributed by atoms with van der Waals surface area (Å²) in [4.78, 5) is 2.46. The van der Waals surface area contributed by atoms with Crippen LogP contribution in [0.3, 0.4) is 0 Å². The minimum atomic E-state index is -0.550. The van der Waals surface area contributed by atoms with Gasteiger partial charge in [0.2, 0.25) is 0 Å². The van der Waals surface area contributed by atoms with Crippen LogP contribution < -0.4 is 5.32 Å². The molecule has 1 aliphatic rings. The van der Waals surface area contributed by atoms with Gasteiger partial charge in [-0.2, -0.15) is 0 Å². The van der Waals surface area contributed by atoms with Crippen LogP contribution in [-0.2, 0) is 0 Å². The van der Waals surface area contributed by atoms with Gasteiger partial charge in [0, 0.05) is 25.7 Å². The first-order valence-electron chi connectivity index (χ1n) is 6.68. The van der Waals surface area contributed by atoms with Crippen LogP contribution in [0.5, 0.6) is 0 Å². The Kier molecular flexibility index (Phi) is 5.73. The predicted molar refractivity (Wildman–Crippen MR) is 68.7 cm³/mol. The van der Waals surface area contributed by atoms with Crippen molar-refractivity contribution in [2.75, 3.05) is 26.7 Å². The molecule has 1 atom stereocenters. The minimum absolute atomic E-state index is 0.550. The first-order chi connectivity index (χ1) is 7.55. The summed E-state index contributed by atoms with van der Waals surface area (Å²) < 4.78 is 0. The maximum atomic E-state index is 9.82. The molecule has 1 unspecified atom stereocenters. The van der Waals surface area contributed by atoms with Crippen LogP contribution in [0, 0.1) is 0 Å². The lowest BCUT2D eigenvalue weighted by Gasteiger charge is -2.26. The average Bonchev–Trinajstić information content (AvgIpc) is 2.77. The van der Waals surface area contributed by atoms with E-state index in [0.29, 0.717) is 6.54 Å². The maximum absolute atomic E-state index is 9.82. The number of hydrogen-bond donors (Lipinski definition) is 2. The van der Waals surface area contributed by atoms with E-state index in [-0.39, 0.29) is 0 Å². The van der Waals surface area contributed by atoms with Crippen LogP contribution in [0.2, 0.25) is 0 Å². The average molecular weight is 228 g/mol. The zero-order chi connectivity index (χ0) is 12.0. The molecule has 0 aromatic carbocycles. The molecule has 3 nitrogen and oxygen atoms in total. The second kappa shape index (κ2) is 6.58. The highest BCUT2D eigenvalue weighted by molar-refractivity contribution is 4.77. The van der Waals surface area contributed by atoms with E-state index < -0.39 is 5.60 Å². The topological polar surface area (TPSA) is 35.5 Å². The van der Waals surface area contributed by atoms with Crippen LogP contribution in [0.4, 0.5) is 0 Å². The molecular weight excluding hydrogens is 200 g/mol. The van der Waals surface area contributed by atoms with Crippen LogP contribution in [0.25, 0.3) is 0 Å². The van der Waals surface area contributed by atoms with Gasteiger partial charge in [0.25, 0.3) is 0 Å². The van der Waals surface area contributed by atoms with Crippen molar-refractivity contribution < 1.29 is 5.11 Å². The number of nitrogens with one attached hydrogen (secondary N) is 1. The molecule has 0 bridgehead atoms. The Morgan fingerprint density at radius 1 is 1.38 bits per heavy atom. The Balaban J connectivity index is 2.06. The first-order valence-corrected chi connectivity index (χ1v) is 6.68. The van der Waals surface area contributed by atoms with Crippen molar-refractivity contribution in [2.24, 2.45) is 0 Å². The van der Waals surface area contributed by atoms with Gasteiger partial charge in [-0.3, -0.25) is 0 Å². The van der Waals surface area contributed by atoms with Crippen LogP contribution in [0.15, 0.2) is 0 Å². The normalized spacial score (nSPS) is 21.6. The van der Waals surface area contributed by atoms with E-state index in [9.17, 15) is 5.11 Å². The van der Waals surface area contributed by atoms with E-state index in [1.54, 1.807) is 0 Å². The van der Waals surface area contributed by atoms with Crippen molar-refractivity contribution in [3.8, 4) is 0 Å². The summed E-state index contributed by atoms with van der Waals surface area (Å²) in [5.41, 5.74) is -0.550. The molecule has 0 spiro atoms. The van der Waals surface area contributed by atoms with E-state index >= 15 is 0 Å². The number of likely N-dealkylation sites (N-methyl/N-ethyl adjacent to an activating group) is 1. The molecule has 0 amide bonds. The van der Waals surface area contributed by atoms with E-state index in [4.69, 9.17) is 0 Å². The molecule has 16 heavy (non-hydrogen) atoms. The molecule has 0 aromatic heterocycles. The van der Waals surface area contributed by atoms with Crippen molar-refractivity contribution in [1.82, 2.24) is 10.2 Å². The van der Waals surface area contributed by atoms with E-state index in [0.717, 1.165) is 25.6 Å². The van der Waals surface area contributed by atoms with Gasteiger partial charge in [-0.15, -0.1) is 0 Å². The zero-order valence-electron chi connectivity index (χ0n) is 11.1. The third-order valence-corrected chi connectivity index (χ3v) is 3.86. The molecule has 1 aliphatic carbocycles. The summed E-state index contributed by atoms with van der Waals surface area (Å²) in [5.74, 6) is 0. The van der Waals surface area contributed by atoms with Gasteiger partial charge in [0.05, 0.1) is 5.60 Å². The van der Waals surface area contributed by atoms with Crippen molar-refractivity contribution in [2.45, 2.75) is 57.6 Å². The smallest absolute Gasteiger partial charge is 0.0740 e. The molecule has 3 heteroatoms. The van der Waals surface area contributed by atoms with Crippen LogP contribution in [0.1, 0.15) is 46.0 Å². The van der Waals surface area contributed by atoms with E-state index in [2.05, 4.69) is 17.3 Å². The Morgan fingerprint density at radius 2 is 2.00 bits per heavy atom. The summed E-state index contributed by atoms with van der Waals surface area (Å²) in [6, 6.07) is 0.800. The third kappa shape index (κ3) is 4.81.